The number of allylic oxidation sites excluding steroid dienone is 1. The Morgan fingerprint density at radius 2 is 1.93 bits per heavy atom. The molecule has 0 amide bonds. The molecule has 0 saturated heterocycles. The number of carbonyl (C=O) groups is 1. The summed E-state index contributed by atoms with van der Waals surface area (Å²) in [7, 11) is -3.10. The molecule has 0 atom stereocenters. The van der Waals surface area contributed by atoms with Crippen LogP contribution < -0.4 is 0 Å². The first-order valence-corrected chi connectivity index (χ1v) is 7.31. The molecule has 0 rings (SSSR count). The van der Waals surface area contributed by atoms with E-state index in [1.54, 1.807) is 12.2 Å². The first-order valence-electron chi connectivity index (χ1n) is 4.57. The normalized spacial score (nSPS) is 12.1. The molecular formula is C9H14Cl2O3S. The lowest BCUT2D eigenvalue weighted by Gasteiger charge is -1.98. The van der Waals surface area contributed by atoms with Crippen LogP contribution in [0.4, 0.5) is 0 Å². The maximum atomic E-state index is 11.3. The quantitative estimate of drug-likeness (QED) is 0.387. The van der Waals surface area contributed by atoms with Gasteiger partial charge in [0, 0.05) is 12.3 Å². The molecule has 88 valence electrons. The van der Waals surface area contributed by atoms with Crippen molar-refractivity contribution in [2.45, 2.75) is 19.3 Å². The van der Waals surface area contributed by atoms with Gasteiger partial charge in [0.1, 0.15) is 0 Å². The van der Waals surface area contributed by atoms with E-state index in [1.807, 2.05) is 0 Å². The molecule has 0 aromatic carbocycles. The molecule has 15 heavy (non-hydrogen) atoms. The zero-order chi connectivity index (χ0) is 11.7. The summed E-state index contributed by atoms with van der Waals surface area (Å²) in [6.07, 6.45) is 4.37. The Bertz CT molecular complexity index is 309. The topological polar surface area (TPSA) is 51.2 Å². The van der Waals surface area contributed by atoms with Gasteiger partial charge in [-0.25, -0.2) is 8.42 Å². The SMILES string of the molecule is O=C(Cl)CCCS(=O)(=O)CC=CCCCl. The van der Waals surface area contributed by atoms with Crippen LogP contribution in [-0.4, -0.2) is 31.0 Å². The van der Waals surface area contributed by atoms with E-state index in [0.717, 1.165) is 0 Å². The number of sulfone groups is 1. The van der Waals surface area contributed by atoms with Crippen LogP contribution in [0.15, 0.2) is 12.2 Å². The summed E-state index contributed by atoms with van der Waals surface area (Å²) in [6, 6.07) is 0. The second kappa shape index (κ2) is 8.13. The van der Waals surface area contributed by atoms with Gasteiger partial charge in [0.2, 0.25) is 5.24 Å². The minimum atomic E-state index is -3.10. The number of hydrogen-bond donors (Lipinski definition) is 0. The molecule has 0 unspecified atom stereocenters. The summed E-state index contributed by atoms with van der Waals surface area (Å²) in [4.78, 5) is 10.4. The van der Waals surface area contributed by atoms with Crippen molar-refractivity contribution in [2.24, 2.45) is 0 Å². The molecule has 0 heterocycles. The zero-order valence-electron chi connectivity index (χ0n) is 8.29. The number of carbonyl (C=O) groups excluding carboxylic acids is 1. The van der Waals surface area contributed by atoms with Gasteiger partial charge in [-0.1, -0.05) is 12.2 Å². The van der Waals surface area contributed by atoms with Crippen LogP contribution in [0.5, 0.6) is 0 Å². The van der Waals surface area contributed by atoms with Gasteiger partial charge in [0.15, 0.2) is 9.84 Å². The molecule has 0 aromatic rings. The van der Waals surface area contributed by atoms with Crippen LogP contribution in [0.2, 0.25) is 0 Å². The van der Waals surface area contributed by atoms with E-state index in [4.69, 9.17) is 23.2 Å². The highest BCUT2D eigenvalue weighted by molar-refractivity contribution is 7.91. The Morgan fingerprint density at radius 3 is 2.47 bits per heavy atom. The third-order valence-corrected chi connectivity index (χ3v) is 3.64. The van der Waals surface area contributed by atoms with Crippen molar-refractivity contribution < 1.29 is 13.2 Å². The fraction of sp³-hybridized carbons (Fsp3) is 0.667. The Hall–Kier alpha value is -0.0600. The number of rotatable bonds is 8. The lowest BCUT2D eigenvalue weighted by Crippen LogP contribution is -2.10. The molecule has 0 N–H and O–H groups in total. The Morgan fingerprint density at radius 1 is 1.27 bits per heavy atom. The zero-order valence-corrected chi connectivity index (χ0v) is 10.6. The number of hydrogen-bond acceptors (Lipinski definition) is 3. The van der Waals surface area contributed by atoms with Gasteiger partial charge in [-0.2, -0.15) is 0 Å². The highest BCUT2D eigenvalue weighted by Crippen LogP contribution is 2.01. The molecule has 6 heteroatoms. The van der Waals surface area contributed by atoms with Gasteiger partial charge in [-0.15, -0.1) is 11.6 Å². The maximum Gasteiger partial charge on any atom is 0.221 e. The van der Waals surface area contributed by atoms with E-state index in [1.165, 1.54) is 0 Å². The Balaban J connectivity index is 3.82. The first kappa shape index (κ1) is 14.9. The summed E-state index contributed by atoms with van der Waals surface area (Å²) in [6.45, 7) is 0. The van der Waals surface area contributed by atoms with Gasteiger partial charge in [-0.3, -0.25) is 4.79 Å². The van der Waals surface area contributed by atoms with Crippen molar-refractivity contribution in [1.82, 2.24) is 0 Å². The monoisotopic (exact) mass is 272 g/mol. The molecule has 3 nitrogen and oxygen atoms in total. The fourth-order valence-corrected chi connectivity index (χ4v) is 2.35. The second-order valence-corrected chi connectivity index (χ2v) is 6.05. The van der Waals surface area contributed by atoms with Crippen molar-refractivity contribution >= 4 is 38.3 Å². The van der Waals surface area contributed by atoms with Gasteiger partial charge in [0.25, 0.3) is 0 Å². The molecular weight excluding hydrogens is 259 g/mol. The van der Waals surface area contributed by atoms with Crippen LogP contribution in [0.1, 0.15) is 19.3 Å². The summed E-state index contributed by atoms with van der Waals surface area (Å²) in [5.41, 5.74) is 0. The standard InChI is InChI=1S/C9H14Cl2O3S/c10-6-2-1-3-7-15(13,14)8-4-5-9(11)12/h1,3H,2,4-8H2. The van der Waals surface area contributed by atoms with Crippen LogP contribution in [0, 0.1) is 0 Å². The molecule has 0 aliphatic rings. The summed E-state index contributed by atoms with van der Waals surface area (Å²) in [5, 5.41) is -0.497. The van der Waals surface area contributed by atoms with E-state index in [-0.39, 0.29) is 24.3 Å². The van der Waals surface area contributed by atoms with E-state index in [0.29, 0.717) is 12.3 Å². The Labute approximate surface area is 100 Å². The third-order valence-electron chi connectivity index (χ3n) is 1.62. The molecule has 0 aliphatic carbocycles. The van der Waals surface area contributed by atoms with Crippen LogP contribution in [0.25, 0.3) is 0 Å². The Kier molecular flexibility index (Phi) is 8.10. The van der Waals surface area contributed by atoms with Gasteiger partial charge >= 0.3 is 0 Å². The lowest BCUT2D eigenvalue weighted by atomic mass is 10.4. The van der Waals surface area contributed by atoms with E-state index in [9.17, 15) is 13.2 Å². The number of alkyl halides is 1. The summed E-state index contributed by atoms with van der Waals surface area (Å²) >= 11 is 10.5. The van der Waals surface area contributed by atoms with E-state index in [2.05, 4.69) is 0 Å². The van der Waals surface area contributed by atoms with Gasteiger partial charge in [-0.05, 0) is 24.4 Å². The van der Waals surface area contributed by atoms with Crippen LogP contribution >= 0.6 is 23.2 Å². The van der Waals surface area contributed by atoms with Gasteiger partial charge in [0.05, 0.1) is 11.5 Å². The molecule has 0 bridgehead atoms. The maximum absolute atomic E-state index is 11.3. The van der Waals surface area contributed by atoms with Crippen molar-refractivity contribution in [3.63, 3.8) is 0 Å². The van der Waals surface area contributed by atoms with E-state index < -0.39 is 15.1 Å². The molecule has 0 aliphatic heterocycles. The van der Waals surface area contributed by atoms with Crippen LogP contribution in [-0.2, 0) is 14.6 Å². The first-order chi connectivity index (χ1) is 6.98. The minimum absolute atomic E-state index is 0.000362. The third kappa shape index (κ3) is 10.2. The van der Waals surface area contributed by atoms with Crippen molar-refractivity contribution in [3.8, 4) is 0 Å². The average molecular weight is 273 g/mol. The highest BCUT2D eigenvalue weighted by atomic mass is 35.5. The minimum Gasteiger partial charge on any atom is -0.281 e. The molecule has 0 spiro atoms. The van der Waals surface area contributed by atoms with Crippen LogP contribution in [0.3, 0.4) is 0 Å². The van der Waals surface area contributed by atoms with Crippen molar-refractivity contribution in [1.29, 1.82) is 0 Å². The molecule has 0 saturated carbocycles. The molecule has 0 aromatic heterocycles. The molecule has 0 radical (unpaired) electrons. The number of halogens is 2. The average Bonchev–Trinajstić information content (AvgIpc) is 2.11. The fourth-order valence-electron chi connectivity index (χ4n) is 0.910. The smallest absolute Gasteiger partial charge is 0.221 e. The predicted molar refractivity (Wildman–Crippen MR) is 63.2 cm³/mol. The summed E-state index contributed by atoms with van der Waals surface area (Å²) < 4.78 is 22.7. The van der Waals surface area contributed by atoms with Crippen molar-refractivity contribution in [3.05, 3.63) is 12.2 Å². The van der Waals surface area contributed by atoms with Crippen molar-refractivity contribution in [2.75, 3.05) is 17.4 Å². The molecule has 0 fully saturated rings. The largest absolute Gasteiger partial charge is 0.281 e. The van der Waals surface area contributed by atoms with Gasteiger partial charge < -0.3 is 0 Å². The lowest BCUT2D eigenvalue weighted by molar-refractivity contribution is -0.111. The highest BCUT2D eigenvalue weighted by Gasteiger charge is 2.08. The van der Waals surface area contributed by atoms with E-state index >= 15 is 0 Å². The predicted octanol–water partition coefficient (Wildman–Crippen LogP) is 2.13. The summed E-state index contributed by atoms with van der Waals surface area (Å²) in [5.74, 6) is 0.480. The second-order valence-electron chi connectivity index (χ2n) is 3.02.